The lowest BCUT2D eigenvalue weighted by Crippen LogP contribution is -2.59. The summed E-state index contributed by atoms with van der Waals surface area (Å²) in [6.07, 6.45) is -0.0301. The lowest BCUT2D eigenvalue weighted by atomic mass is 9.97. The molecule has 36 heavy (non-hydrogen) atoms. The van der Waals surface area contributed by atoms with Crippen LogP contribution in [0.2, 0.25) is 15.1 Å². The summed E-state index contributed by atoms with van der Waals surface area (Å²) in [4.78, 5) is 17.2. The van der Waals surface area contributed by atoms with Crippen LogP contribution in [0.5, 0.6) is 5.75 Å². The van der Waals surface area contributed by atoms with E-state index in [0.717, 1.165) is 13.1 Å². The predicted molar refractivity (Wildman–Crippen MR) is 140 cm³/mol. The lowest BCUT2D eigenvalue weighted by Gasteiger charge is -2.43. The zero-order valence-corrected chi connectivity index (χ0v) is 22.9. The van der Waals surface area contributed by atoms with Crippen LogP contribution in [-0.2, 0) is 19.6 Å². The molecule has 0 radical (unpaired) electrons. The third kappa shape index (κ3) is 6.45. The third-order valence-corrected chi connectivity index (χ3v) is 9.15. The molecule has 2 aromatic carbocycles. The summed E-state index contributed by atoms with van der Waals surface area (Å²) >= 11 is 18.3. The topological polar surface area (TPSA) is 79.4 Å². The minimum atomic E-state index is -3.98. The van der Waals surface area contributed by atoms with Gasteiger partial charge in [-0.1, -0.05) is 40.9 Å². The Morgan fingerprint density at radius 1 is 1.03 bits per heavy atom. The number of halogens is 3. The van der Waals surface area contributed by atoms with Crippen LogP contribution in [0.25, 0.3) is 0 Å². The van der Waals surface area contributed by atoms with Crippen LogP contribution < -0.4 is 4.74 Å². The number of ether oxygens (including phenoxy) is 2. The summed E-state index contributed by atoms with van der Waals surface area (Å²) in [6, 6.07) is 11.1. The van der Waals surface area contributed by atoms with E-state index in [1.165, 1.54) is 22.5 Å². The van der Waals surface area contributed by atoms with Crippen molar-refractivity contribution in [3.05, 3.63) is 57.5 Å². The Hall–Kier alpha value is -1.59. The summed E-state index contributed by atoms with van der Waals surface area (Å²) in [5.74, 6) is 0.389. The van der Waals surface area contributed by atoms with Crippen LogP contribution in [0.1, 0.15) is 6.42 Å². The SMILES string of the molecule is CN1CCN(C(=O)CC2(COc3cccc(Cl)c3)CN(S(=O)(=O)c3ccc(Cl)cc3Cl)CCO2)CC1. The Morgan fingerprint density at radius 3 is 2.44 bits per heavy atom. The fourth-order valence-electron chi connectivity index (χ4n) is 4.30. The number of hydrogen-bond acceptors (Lipinski definition) is 6. The largest absolute Gasteiger partial charge is 0.490 e. The first-order valence-electron chi connectivity index (χ1n) is 11.5. The highest BCUT2D eigenvalue weighted by atomic mass is 35.5. The lowest BCUT2D eigenvalue weighted by molar-refractivity contribution is -0.151. The van der Waals surface area contributed by atoms with Gasteiger partial charge in [-0.05, 0) is 43.4 Å². The molecular weight excluding hydrogens is 549 g/mol. The van der Waals surface area contributed by atoms with Gasteiger partial charge in [-0.3, -0.25) is 4.79 Å². The minimum Gasteiger partial charge on any atom is -0.490 e. The smallest absolute Gasteiger partial charge is 0.244 e. The van der Waals surface area contributed by atoms with Gasteiger partial charge in [0.15, 0.2) is 0 Å². The van der Waals surface area contributed by atoms with Gasteiger partial charge in [0.2, 0.25) is 15.9 Å². The molecule has 2 heterocycles. The number of hydrogen-bond donors (Lipinski definition) is 0. The van der Waals surface area contributed by atoms with Crippen molar-refractivity contribution in [2.45, 2.75) is 16.9 Å². The Kier molecular flexibility index (Phi) is 8.71. The normalized spacial score (nSPS) is 21.9. The van der Waals surface area contributed by atoms with Crippen LogP contribution >= 0.6 is 34.8 Å². The Labute approximate surface area is 226 Å². The highest BCUT2D eigenvalue weighted by Gasteiger charge is 2.45. The molecular formula is C24H28Cl3N3O5S. The fraction of sp³-hybridized carbons (Fsp3) is 0.458. The quantitative estimate of drug-likeness (QED) is 0.501. The summed E-state index contributed by atoms with van der Waals surface area (Å²) < 4.78 is 40.5. The molecule has 8 nitrogen and oxygen atoms in total. The van der Waals surface area contributed by atoms with Crippen LogP contribution in [0.15, 0.2) is 47.4 Å². The van der Waals surface area contributed by atoms with Gasteiger partial charge in [-0.15, -0.1) is 0 Å². The average molecular weight is 577 g/mol. The molecule has 12 heteroatoms. The molecule has 196 valence electrons. The summed E-state index contributed by atoms with van der Waals surface area (Å²) in [7, 11) is -1.97. The maximum atomic E-state index is 13.5. The van der Waals surface area contributed by atoms with E-state index in [-0.39, 0.29) is 48.5 Å². The first-order valence-corrected chi connectivity index (χ1v) is 14.1. The number of piperazine rings is 1. The van der Waals surface area contributed by atoms with Gasteiger partial charge >= 0.3 is 0 Å². The molecule has 2 aliphatic rings. The van der Waals surface area contributed by atoms with Gasteiger partial charge in [0, 0.05) is 49.3 Å². The number of morpholine rings is 1. The Morgan fingerprint density at radius 2 is 1.75 bits per heavy atom. The number of benzene rings is 2. The molecule has 0 N–H and O–H groups in total. The predicted octanol–water partition coefficient (Wildman–Crippen LogP) is 3.65. The number of rotatable bonds is 7. The number of carbonyl (C=O) groups excluding carboxylic acids is 1. The average Bonchev–Trinajstić information content (AvgIpc) is 2.83. The van der Waals surface area contributed by atoms with E-state index in [9.17, 15) is 13.2 Å². The molecule has 4 rings (SSSR count). The zero-order valence-electron chi connectivity index (χ0n) is 19.8. The molecule has 0 aromatic heterocycles. The van der Waals surface area contributed by atoms with E-state index in [4.69, 9.17) is 44.3 Å². The van der Waals surface area contributed by atoms with Crippen molar-refractivity contribution in [2.24, 2.45) is 0 Å². The van der Waals surface area contributed by atoms with Crippen molar-refractivity contribution in [3.8, 4) is 5.75 Å². The van der Waals surface area contributed by atoms with Crippen LogP contribution in [-0.4, -0.2) is 93.6 Å². The Bertz CT molecular complexity index is 1210. The van der Waals surface area contributed by atoms with Gasteiger partial charge in [-0.2, -0.15) is 4.31 Å². The van der Waals surface area contributed by atoms with Crippen LogP contribution in [0.3, 0.4) is 0 Å². The number of likely N-dealkylation sites (N-methyl/N-ethyl adjacent to an activating group) is 1. The van der Waals surface area contributed by atoms with Gasteiger partial charge in [0.1, 0.15) is 22.9 Å². The minimum absolute atomic E-state index is 0.0301. The molecule has 2 aliphatic heterocycles. The van der Waals surface area contributed by atoms with Crippen molar-refractivity contribution >= 4 is 50.7 Å². The van der Waals surface area contributed by atoms with Crippen molar-refractivity contribution < 1.29 is 22.7 Å². The highest BCUT2D eigenvalue weighted by Crippen LogP contribution is 2.32. The molecule has 2 aromatic rings. The van der Waals surface area contributed by atoms with Crippen LogP contribution in [0.4, 0.5) is 0 Å². The van der Waals surface area contributed by atoms with Crippen molar-refractivity contribution in [2.75, 3.05) is 59.5 Å². The Balaban J connectivity index is 1.59. The monoisotopic (exact) mass is 575 g/mol. The molecule has 2 fully saturated rings. The summed E-state index contributed by atoms with van der Waals surface area (Å²) in [5.41, 5.74) is -1.20. The molecule has 0 spiro atoms. The van der Waals surface area contributed by atoms with Crippen molar-refractivity contribution in [1.29, 1.82) is 0 Å². The number of carbonyl (C=O) groups is 1. The van der Waals surface area contributed by atoms with Gasteiger partial charge < -0.3 is 19.3 Å². The van der Waals surface area contributed by atoms with E-state index in [1.54, 1.807) is 29.2 Å². The number of nitrogens with zero attached hydrogens (tertiary/aromatic N) is 3. The van der Waals surface area contributed by atoms with Gasteiger partial charge in [0.25, 0.3) is 0 Å². The number of sulfonamides is 1. The van der Waals surface area contributed by atoms with E-state index >= 15 is 0 Å². The molecule has 0 saturated carbocycles. The first kappa shape index (κ1) is 27.4. The standard InChI is InChI=1S/C24H28Cl3N3O5S/c1-28-7-9-29(10-8-28)23(31)15-24(17-34-20-4-2-3-18(25)13-20)16-30(11-12-35-24)36(32,33)22-6-5-19(26)14-21(22)27/h2-6,13-14H,7-12,15-17H2,1H3. The van der Waals surface area contributed by atoms with E-state index in [0.29, 0.717) is 28.9 Å². The number of amides is 1. The molecule has 1 atom stereocenters. The second kappa shape index (κ2) is 11.4. The maximum Gasteiger partial charge on any atom is 0.244 e. The fourth-order valence-corrected chi connectivity index (χ4v) is 6.72. The van der Waals surface area contributed by atoms with Crippen molar-refractivity contribution in [1.82, 2.24) is 14.1 Å². The first-order chi connectivity index (χ1) is 17.1. The molecule has 0 bridgehead atoms. The van der Waals surface area contributed by atoms with Crippen molar-refractivity contribution in [3.63, 3.8) is 0 Å². The second-order valence-corrected chi connectivity index (χ2v) is 12.2. The van der Waals surface area contributed by atoms with Crippen LogP contribution in [0, 0.1) is 0 Å². The molecule has 2 saturated heterocycles. The molecule has 0 aliphatic carbocycles. The molecule has 1 unspecified atom stereocenters. The second-order valence-electron chi connectivity index (χ2n) is 9.05. The van der Waals surface area contributed by atoms with Gasteiger partial charge in [-0.25, -0.2) is 8.42 Å². The third-order valence-electron chi connectivity index (χ3n) is 6.35. The summed E-state index contributed by atoms with van der Waals surface area (Å²) in [6.45, 7) is 2.85. The van der Waals surface area contributed by atoms with E-state index in [2.05, 4.69) is 4.90 Å². The highest BCUT2D eigenvalue weighted by molar-refractivity contribution is 7.89. The van der Waals surface area contributed by atoms with E-state index < -0.39 is 15.6 Å². The van der Waals surface area contributed by atoms with Gasteiger partial charge in [0.05, 0.1) is 18.1 Å². The summed E-state index contributed by atoms with van der Waals surface area (Å²) in [5, 5.41) is 0.868. The van der Waals surface area contributed by atoms with E-state index in [1.807, 2.05) is 7.05 Å². The molecule has 1 amide bonds. The maximum absolute atomic E-state index is 13.5. The zero-order chi connectivity index (χ0) is 25.9.